The minimum atomic E-state index is -0.970. The summed E-state index contributed by atoms with van der Waals surface area (Å²) in [5, 5.41) is 2.85. The summed E-state index contributed by atoms with van der Waals surface area (Å²) < 4.78 is 27.3. The van der Waals surface area contributed by atoms with Gasteiger partial charge in [0.25, 0.3) is 5.91 Å². The molecular weight excluding hydrogens is 402 g/mol. The molecule has 0 unspecified atom stereocenters. The summed E-state index contributed by atoms with van der Waals surface area (Å²) in [6, 6.07) is 13.9. The Kier molecular flexibility index (Phi) is 4.54. The van der Waals surface area contributed by atoms with E-state index in [1.807, 2.05) is 0 Å². The third-order valence-electron chi connectivity index (χ3n) is 5.31. The molecule has 8 heteroatoms. The molecule has 2 aliphatic rings. The third-order valence-corrected chi connectivity index (χ3v) is 5.31. The summed E-state index contributed by atoms with van der Waals surface area (Å²) >= 11 is 0. The van der Waals surface area contributed by atoms with Crippen LogP contribution in [0, 0.1) is 6.92 Å². The number of ether oxygens (including phenoxy) is 4. The molecular formula is C23H19NO7. The van der Waals surface area contributed by atoms with E-state index in [4.69, 9.17) is 23.4 Å². The fraction of sp³-hybridized carbons (Fsp3) is 0.217. The van der Waals surface area contributed by atoms with Crippen molar-refractivity contribution in [3.05, 3.63) is 75.8 Å². The first-order valence-corrected chi connectivity index (χ1v) is 9.69. The number of carbonyl (C=O) groups is 1. The number of anilines is 1. The van der Waals surface area contributed by atoms with Crippen molar-refractivity contribution in [3.8, 4) is 23.0 Å². The minimum Gasteiger partial charge on any atom is -0.497 e. The van der Waals surface area contributed by atoms with Gasteiger partial charge in [0, 0.05) is 11.8 Å². The van der Waals surface area contributed by atoms with Crippen LogP contribution in [0.1, 0.15) is 22.8 Å². The van der Waals surface area contributed by atoms with Crippen LogP contribution in [0.3, 0.4) is 0 Å². The van der Waals surface area contributed by atoms with Crippen molar-refractivity contribution in [2.45, 2.75) is 18.9 Å². The smallest absolute Gasteiger partial charge is 0.343 e. The summed E-state index contributed by atoms with van der Waals surface area (Å²) in [4.78, 5) is 25.9. The highest BCUT2D eigenvalue weighted by Gasteiger charge is 2.43. The monoisotopic (exact) mass is 421 g/mol. The summed E-state index contributed by atoms with van der Waals surface area (Å²) in [7, 11) is 1.57. The Bertz CT molecular complexity index is 1220. The number of rotatable bonds is 4. The fourth-order valence-corrected chi connectivity index (χ4v) is 3.87. The molecule has 0 aliphatic carbocycles. The Morgan fingerprint density at radius 1 is 1.03 bits per heavy atom. The molecule has 3 aromatic rings. The van der Waals surface area contributed by atoms with Gasteiger partial charge in [-0.2, -0.15) is 0 Å². The second-order valence-electron chi connectivity index (χ2n) is 7.27. The van der Waals surface area contributed by atoms with Crippen molar-refractivity contribution >= 4 is 11.6 Å². The average molecular weight is 421 g/mol. The number of hydrogen-bond donors (Lipinski definition) is 1. The maximum Gasteiger partial charge on any atom is 0.343 e. The van der Waals surface area contributed by atoms with Gasteiger partial charge in [-0.05, 0) is 48.9 Å². The number of fused-ring (bicyclic) bond motifs is 2. The molecule has 3 heterocycles. The van der Waals surface area contributed by atoms with Gasteiger partial charge in [-0.1, -0.05) is 6.07 Å². The Morgan fingerprint density at radius 3 is 2.58 bits per heavy atom. The highest BCUT2D eigenvalue weighted by atomic mass is 16.7. The van der Waals surface area contributed by atoms with Gasteiger partial charge in [-0.15, -0.1) is 0 Å². The molecule has 158 valence electrons. The van der Waals surface area contributed by atoms with Gasteiger partial charge in [-0.3, -0.25) is 4.79 Å². The molecule has 0 saturated heterocycles. The first kappa shape index (κ1) is 19.0. The van der Waals surface area contributed by atoms with Gasteiger partial charge < -0.3 is 28.7 Å². The van der Waals surface area contributed by atoms with Gasteiger partial charge in [0.2, 0.25) is 6.79 Å². The van der Waals surface area contributed by atoms with E-state index in [0.29, 0.717) is 45.6 Å². The number of aryl methyl sites for hydroxylation is 1. The summed E-state index contributed by atoms with van der Waals surface area (Å²) in [5.74, 6) is 1.53. The number of amides is 1. The van der Waals surface area contributed by atoms with Crippen molar-refractivity contribution in [1.82, 2.24) is 0 Å². The van der Waals surface area contributed by atoms with Crippen LogP contribution in [0.15, 0.2) is 57.7 Å². The SMILES string of the molecule is COc1ccc(NC(=O)[C@H]2Oc3cc(C)oc(=O)c3[C@@H]2c2ccc3c(c2)OCO3)cc1. The van der Waals surface area contributed by atoms with E-state index in [1.54, 1.807) is 62.6 Å². The van der Waals surface area contributed by atoms with Crippen LogP contribution in [0.25, 0.3) is 0 Å². The van der Waals surface area contributed by atoms with E-state index < -0.39 is 17.6 Å². The molecule has 1 amide bonds. The zero-order valence-corrected chi connectivity index (χ0v) is 16.8. The van der Waals surface area contributed by atoms with Crippen molar-refractivity contribution < 1.29 is 28.2 Å². The second kappa shape index (κ2) is 7.39. The first-order valence-electron chi connectivity index (χ1n) is 9.69. The molecule has 0 radical (unpaired) electrons. The Labute approximate surface area is 177 Å². The van der Waals surface area contributed by atoms with Crippen molar-refractivity contribution in [2.75, 3.05) is 19.2 Å². The number of methoxy groups -OCH3 is 1. The Morgan fingerprint density at radius 2 is 1.81 bits per heavy atom. The average Bonchev–Trinajstić information content (AvgIpc) is 3.38. The van der Waals surface area contributed by atoms with Crippen LogP contribution >= 0.6 is 0 Å². The topological polar surface area (TPSA) is 96.2 Å². The van der Waals surface area contributed by atoms with Crippen LogP contribution in [-0.4, -0.2) is 25.9 Å². The molecule has 1 aromatic heterocycles. The van der Waals surface area contributed by atoms with Crippen molar-refractivity contribution in [1.29, 1.82) is 0 Å². The molecule has 1 N–H and O–H groups in total. The van der Waals surface area contributed by atoms with E-state index in [9.17, 15) is 9.59 Å². The van der Waals surface area contributed by atoms with E-state index in [2.05, 4.69) is 5.32 Å². The molecule has 0 saturated carbocycles. The van der Waals surface area contributed by atoms with Crippen LogP contribution in [0.4, 0.5) is 5.69 Å². The zero-order chi connectivity index (χ0) is 21.5. The molecule has 2 atom stereocenters. The molecule has 31 heavy (non-hydrogen) atoms. The van der Waals surface area contributed by atoms with Gasteiger partial charge in [0.1, 0.15) is 17.3 Å². The largest absolute Gasteiger partial charge is 0.497 e. The molecule has 0 spiro atoms. The first-order chi connectivity index (χ1) is 15.0. The molecule has 0 fully saturated rings. The van der Waals surface area contributed by atoms with Crippen LogP contribution in [0.5, 0.6) is 23.0 Å². The number of nitrogens with one attached hydrogen (secondary N) is 1. The second-order valence-corrected chi connectivity index (χ2v) is 7.27. The summed E-state index contributed by atoms with van der Waals surface area (Å²) in [5.41, 5.74) is 1.05. The van der Waals surface area contributed by atoms with Crippen LogP contribution in [0.2, 0.25) is 0 Å². The van der Waals surface area contributed by atoms with Gasteiger partial charge in [0.05, 0.1) is 18.6 Å². The lowest BCUT2D eigenvalue weighted by molar-refractivity contribution is -0.122. The lowest BCUT2D eigenvalue weighted by Gasteiger charge is -2.19. The molecule has 2 aromatic carbocycles. The normalized spacial score (nSPS) is 18.3. The van der Waals surface area contributed by atoms with Crippen LogP contribution < -0.4 is 29.9 Å². The van der Waals surface area contributed by atoms with Gasteiger partial charge in [-0.25, -0.2) is 4.79 Å². The maximum atomic E-state index is 13.2. The van der Waals surface area contributed by atoms with Crippen LogP contribution in [-0.2, 0) is 4.79 Å². The standard InChI is InChI=1S/C23H19NO7/c1-12-9-18-20(23(26)30-12)19(13-3-8-16-17(10-13)29-11-28-16)21(31-18)22(25)24-14-4-6-15(27-2)7-5-14/h3-10,19,21H,11H2,1-2H3,(H,24,25)/t19-,21-/m0/s1. The zero-order valence-electron chi connectivity index (χ0n) is 16.8. The number of hydrogen-bond acceptors (Lipinski definition) is 7. The number of carbonyl (C=O) groups excluding carboxylic acids is 1. The minimum absolute atomic E-state index is 0.124. The Balaban J connectivity index is 1.53. The fourth-order valence-electron chi connectivity index (χ4n) is 3.87. The molecule has 8 nitrogen and oxygen atoms in total. The van der Waals surface area contributed by atoms with E-state index in [0.717, 1.165) is 0 Å². The highest BCUT2D eigenvalue weighted by molar-refractivity contribution is 5.96. The predicted octanol–water partition coefficient (Wildman–Crippen LogP) is 3.22. The van der Waals surface area contributed by atoms with Crippen molar-refractivity contribution in [3.63, 3.8) is 0 Å². The molecule has 0 bridgehead atoms. The molecule has 5 rings (SSSR count). The van der Waals surface area contributed by atoms with E-state index in [-0.39, 0.29) is 12.7 Å². The summed E-state index contributed by atoms with van der Waals surface area (Å²) in [6.07, 6.45) is -0.970. The predicted molar refractivity (Wildman–Crippen MR) is 110 cm³/mol. The Hall–Kier alpha value is -3.94. The van der Waals surface area contributed by atoms with E-state index in [1.165, 1.54) is 0 Å². The summed E-state index contributed by atoms with van der Waals surface area (Å²) in [6.45, 7) is 1.78. The lowest BCUT2D eigenvalue weighted by Crippen LogP contribution is -2.35. The molecule has 2 aliphatic heterocycles. The van der Waals surface area contributed by atoms with Crippen molar-refractivity contribution in [2.24, 2.45) is 0 Å². The quantitative estimate of drug-likeness (QED) is 0.691. The highest BCUT2D eigenvalue weighted by Crippen LogP contribution is 2.44. The van der Waals surface area contributed by atoms with Gasteiger partial charge >= 0.3 is 5.63 Å². The third kappa shape index (κ3) is 3.35. The number of benzene rings is 2. The lowest BCUT2D eigenvalue weighted by atomic mass is 9.88. The van der Waals surface area contributed by atoms with E-state index >= 15 is 0 Å². The van der Waals surface area contributed by atoms with Gasteiger partial charge in [0.15, 0.2) is 17.6 Å². The maximum absolute atomic E-state index is 13.2.